The minimum absolute atomic E-state index is 0.00445. The zero-order valence-electron chi connectivity index (χ0n) is 27.9. The van der Waals surface area contributed by atoms with Crippen molar-refractivity contribution in [2.24, 2.45) is 5.41 Å². The third-order valence-corrected chi connectivity index (χ3v) is 8.52. The predicted octanol–water partition coefficient (Wildman–Crippen LogP) is 7.03. The first-order chi connectivity index (χ1) is 22.6. The van der Waals surface area contributed by atoms with Crippen LogP contribution in [0.25, 0.3) is 11.3 Å². The van der Waals surface area contributed by atoms with Crippen LogP contribution in [0.15, 0.2) is 89.9 Å². The van der Waals surface area contributed by atoms with Crippen molar-refractivity contribution >= 4 is 5.97 Å². The number of pyridine rings is 1. The normalized spacial score (nSPS) is 14.0. The Hall–Kier alpha value is -4.40. The summed E-state index contributed by atoms with van der Waals surface area (Å²) in [5, 5.41) is 10.9. The first-order valence-electron chi connectivity index (χ1n) is 16.4. The molecule has 1 N–H and O–H groups in total. The van der Waals surface area contributed by atoms with Gasteiger partial charge in [-0.1, -0.05) is 81.4 Å². The monoisotopic (exact) mass is 638 g/mol. The van der Waals surface area contributed by atoms with Gasteiger partial charge in [0.1, 0.15) is 5.56 Å². The number of phenols is 1. The molecule has 0 radical (unpaired) electrons. The quantitative estimate of drug-likeness (QED) is 0.117. The summed E-state index contributed by atoms with van der Waals surface area (Å²) in [4.78, 5) is 27.8. The molecule has 1 aliphatic heterocycles. The zero-order chi connectivity index (χ0) is 33.4. The molecule has 0 amide bonds. The molecule has 1 aliphatic rings. The molecule has 4 aromatic rings. The Labute approximate surface area is 277 Å². The summed E-state index contributed by atoms with van der Waals surface area (Å²) in [6.07, 6.45) is 2.94. The number of aromatic hydroxyl groups is 1. The number of carbonyl (C=O) groups excluding carboxylic acids is 1. The maximum absolute atomic E-state index is 13.0. The van der Waals surface area contributed by atoms with Crippen molar-refractivity contribution in [3.05, 3.63) is 118 Å². The van der Waals surface area contributed by atoms with E-state index in [-0.39, 0.29) is 29.4 Å². The number of hydrogen-bond acceptors (Lipinski definition) is 7. The molecular weight excluding hydrogens is 592 g/mol. The molecule has 0 fully saturated rings. The standard InChI is InChI=1S/C39H46N2O6/c1-5-46-38(44)32-27-41-33(24-34(32)42)31-23-35(43)36(21-30(31)22-37(41)39(2,3)4)47-19-12-18-45-20-17-40(25-28-13-8-6-9-14-28)26-29-15-10-7-11-16-29/h6-11,13-16,21,23-24,27,37,43H,5,12,17-20,22,25-26H2,1-4H3. The third-order valence-electron chi connectivity index (χ3n) is 8.52. The summed E-state index contributed by atoms with van der Waals surface area (Å²) in [5.41, 5.74) is 4.36. The average molecular weight is 639 g/mol. The van der Waals surface area contributed by atoms with E-state index in [1.165, 1.54) is 17.2 Å². The van der Waals surface area contributed by atoms with E-state index in [2.05, 4.69) is 74.2 Å². The van der Waals surface area contributed by atoms with Gasteiger partial charge in [-0.15, -0.1) is 0 Å². The van der Waals surface area contributed by atoms with Crippen molar-refractivity contribution in [2.45, 2.75) is 59.7 Å². The number of phenolic OH excluding ortho intramolecular Hbond substituents is 1. The minimum Gasteiger partial charge on any atom is -0.504 e. The van der Waals surface area contributed by atoms with Crippen LogP contribution in [-0.4, -0.2) is 53.5 Å². The molecule has 8 heteroatoms. The molecule has 2 heterocycles. The van der Waals surface area contributed by atoms with Crippen LogP contribution in [-0.2, 0) is 29.0 Å². The van der Waals surface area contributed by atoms with Crippen molar-refractivity contribution in [3.63, 3.8) is 0 Å². The molecule has 1 aromatic heterocycles. The third kappa shape index (κ3) is 8.70. The van der Waals surface area contributed by atoms with E-state index in [0.29, 0.717) is 44.1 Å². The number of ether oxygens (including phenoxy) is 3. The Morgan fingerprint density at radius 1 is 0.936 bits per heavy atom. The van der Waals surface area contributed by atoms with E-state index >= 15 is 0 Å². The van der Waals surface area contributed by atoms with Crippen LogP contribution in [0, 0.1) is 5.41 Å². The minimum atomic E-state index is -0.626. The maximum atomic E-state index is 13.0. The van der Waals surface area contributed by atoms with Gasteiger partial charge in [0.2, 0.25) is 0 Å². The molecule has 0 saturated carbocycles. The number of hydrogen-bond donors (Lipinski definition) is 1. The summed E-state index contributed by atoms with van der Waals surface area (Å²) in [7, 11) is 0. The van der Waals surface area contributed by atoms with Crippen LogP contribution < -0.4 is 10.2 Å². The molecule has 1 unspecified atom stereocenters. The lowest BCUT2D eigenvalue weighted by atomic mass is 9.78. The molecule has 0 aliphatic carbocycles. The lowest BCUT2D eigenvalue weighted by Crippen LogP contribution is -2.33. The second-order valence-corrected chi connectivity index (χ2v) is 13.1. The Bertz CT molecular complexity index is 1650. The Morgan fingerprint density at radius 2 is 1.60 bits per heavy atom. The van der Waals surface area contributed by atoms with Gasteiger partial charge in [-0.05, 0) is 47.6 Å². The molecule has 3 aromatic carbocycles. The number of nitrogens with zero attached hydrogens (tertiary/aromatic N) is 2. The average Bonchev–Trinajstić information content (AvgIpc) is 3.04. The zero-order valence-corrected chi connectivity index (χ0v) is 27.9. The number of esters is 1. The van der Waals surface area contributed by atoms with Crippen LogP contribution in [0.2, 0.25) is 0 Å². The fraction of sp³-hybridized carbons (Fsp3) is 0.385. The Morgan fingerprint density at radius 3 is 2.21 bits per heavy atom. The van der Waals surface area contributed by atoms with E-state index in [9.17, 15) is 14.7 Å². The van der Waals surface area contributed by atoms with Crippen molar-refractivity contribution in [1.29, 1.82) is 0 Å². The fourth-order valence-electron chi connectivity index (χ4n) is 6.09. The fourth-order valence-corrected chi connectivity index (χ4v) is 6.09. The highest BCUT2D eigenvalue weighted by Gasteiger charge is 2.34. The van der Waals surface area contributed by atoms with Gasteiger partial charge in [-0.25, -0.2) is 4.79 Å². The predicted molar refractivity (Wildman–Crippen MR) is 184 cm³/mol. The number of carbonyl (C=O) groups is 1. The first kappa shape index (κ1) is 33.9. The van der Waals surface area contributed by atoms with Crippen molar-refractivity contribution in [3.8, 4) is 22.8 Å². The van der Waals surface area contributed by atoms with E-state index < -0.39 is 11.4 Å². The van der Waals surface area contributed by atoms with Crippen LogP contribution in [0.3, 0.4) is 0 Å². The maximum Gasteiger partial charge on any atom is 0.343 e. The highest BCUT2D eigenvalue weighted by Crippen LogP contribution is 2.45. The molecule has 0 spiro atoms. The van der Waals surface area contributed by atoms with E-state index in [1.807, 2.05) is 22.8 Å². The SMILES string of the molecule is CCOC(=O)c1cn2c(cc1=O)-c1cc(O)c(OCCCOCCN(Cc3ccccc3)Cc3ccccc3)cc1CC2C(C)(C)C. The molecule has 0 bridgehead atoms. The first-order valence-corrected chi connectivity index (χ1v) is 16.4. The summed E-state index contributed by atoms with van der Waals surface area (Å²) in [6, 6.07) is 25.9. The topological polar surface area (TPSA) is 90.2 Å². The lowest BCUT2D eigenvalue weighted by molar-refractivity contribution is 0.0523. The highest BCUT2D eigenvalue weighted by molar-refractivity contribution is 5.89. The van der Waals surface area contributed by atoms with Gasteiger partial charge in [0, 0.05) is 56.5 Å². The molecule has 248 valence electrons. The Balaban J connectivity index is 1.19. The van der Waals surface area contributed by atoms with Crippen LogP contribution in [0.4, 0.5) is 0 Å². The van der Waals surface area contributed by atoms with E-state index in [4.69, 9.17) is 14.2 Å². The van der Waals surface area contributed by atoms with Gasteiger partial charge in [-0.3, -0.25) is 9.69 Å². The van der Waals surface area contributed by atoms with Crippen LogP contribution in [0.5, 0.6) is 11.5 Å². The van der Waals surface area contributed by atoms with Gasteiger partial charge in [0.25, 0.3) is 0 Å². The van der Waals surface area contributed by atoms with Gasteiger partial charge >= 0.3 is 5.97 Å². The second-order valence-electron chi connectivity index (χ2n) is 13.1. The molecule has 5 rings (SSSR count). The highest BCUT2D eigenvalue weighted by atomic mass is 16.5. The number of fused-ring (bicyclic) bond motifs is 3. The van der Waals surface area contributed by atoms with Gasteiger partial charge in [0.05, 0.1) is 25.5 Å². The van der Waals surface area contributed by atoms with Gasteiger partial charge in [0.15, 0.2) is 16.9 Å². The molecule has 1 atom stereocenters. The second kappa shape index (κ2) is 15.5. The number of benzene rings is 3. The van der Waals surface area contributed by atoms with Crippen molar-refractivity contribution in [1.82, 2.24) is 9.47 Å². The molecule has 8 nitrogen and oxygen atoms in total. The molecule has 0 saturated heterocycles. The van der Waals surface area contributed by atoms with Gasteiger partial charge in [-0.2, -0.15) is 0 Å². The molecular formula is C39H46N2O6. The lowest BCUT2D eigenvalue weighted by Gasteiger charge is -2.39. The van der Waals surface area contributed by atoms with E-state index in [0.717, 1.165) is 30.8 Å². The summed E-state index contributed by atoms with van der Waals surface area (Å²) in [6.45, 7) is 12.4. The Kier molecular flexibility index (Phi) is 11.2. The van der Waals surface area contributed by atoms with Crippen LogP contribution >= 0.6 is 0 Å². The smallest absolute Gasteiger partial charge is 0.343 e. The summed E-state index contributed by atoms with van der Waals surface area (Å²) >= 11 is 0. The molecule has 47 heavy (non-hydrogen) atoms. The number of rotatable bonds is 14. The summed E-state index contributed by atoms with van der Waals surface area (Å²) in [5.74, 6) is -0.212. The number of aromatic nitrogens is 1. The van der Waals surface area contributed by atoms with Crippen molar-refractivity contribution in [2.75, 3.05) is 33.0 Å². The van der Waals surface area contributed by atoms with Crippen molar-refractivity contribution < 1.29 is 24.1 Å². The van der Waals surface area contributed by atoms with Gasteiger partial charge < -0.3 is 23.9 Å². The summed E-state index contributed by atoms with van der Waals surface area (Å²) < 4.78 is 19.1. The van der Waals surface area contributed by atoms with E-state index in [1.54, 1.807) is 19.2 Å². The van der Waals surface area contributed by atoms with Crippen LogP contribution in [0.1, 0.15) is 67.2 Å². The largest absolute Gasteiger partial charge is 0.504 e.